The average molecular weight is 329 g/mol. The van der Waals surface area contributed by atoms with E-state index in [0.29, 0.717) is 5.41 Å². The number of likely N-dealkylation sites (tertiary alicyclic amines) is 1. The highest BCUT2D eigenvalue weighted by Crippen LogP contribution is 2.42. The van der Waals surface area contributed by atoms with Crippen molar-refractivity contribution in [1.82, 2.24) is 4.90 Å². The Morgan fingerprint density at radius 1 is 1.00 bits per heavy atom. The second kappa shape index (κ2) is 8.38. The molecule has 1 saturated carbocycles. The SMILES string of the molecule is CC1(C)CCC(c2ccc(NCCCCN3CCCC3)cc2)CC1. The summed E-state index contributed by atoms with van der Waals surface area (Å²) in [5, 5.41) is 3.59. The van der Waals surface area contributed by atoms with Crippen molar-refractivity contribution in [3.63, 3.8) is 0 Å². The lowest BCUT2D eigenvalue weighted by molar-refractivity contribution is 0.224. The van der Waals surface area contributed by atoms with Crippen molar-refractivity contribution in [2.45, 2.75) is 71.1 Å². The second-order valence-corrected chi connectivity index (χ2v) is 8.74. The van der Waals surface area contributed by atoms with Crippen LogP contribution in [0.1, 0.15) is 76.7 Å². The minimum atomic E-state index is 0.563. The molecule has 2 fully saturated rings. The van der Waals surface area contributed by atoms with Crippen molar-refractivity contribution < 1.29 is 0 Å². The van der Waals surface area contributed by atoms with Gasteiger partial charge in [0.15, 0.2) is 0 Å². The molecule has 24 heavy (non-hydrogen) atoms. The molecule has 134 valence electrons. The molecule has 1 saturated heterocycles. The minimum Gasteiger partial charge on any atom is -0.385 e. The van der Waals surface area contributed by atoms with Crippen LogP contribution in [-0.4, -0.2) is 31.1 Å². The number of nitrogens with one attached hydrogen (secondary N) is 1. The molecule has 1 N–H and O–H groups in total. The normalized spacial score (nSPS) is 21.9. The molecule has 0 bridgehead atoms. The first-order chi connectivity index (χ1) is 11.6. The predicted molar refractivity (Wildman–Crippen MR) is 105 cm³/mol. The van der Waals surface area contributed by atoms with Crippen molar-refractivity contribution in [2.75, 3.05) is 31.5 Å². The molecule has 2 nitrogen and oxygen atoms in total. The molecule has 1 heterocycles. The van der Waals surface area contributed by atoms with Crippen molar-refractivity contribution in [3.05, 3.63) is 29.8 Å². The van der Waals surface area contributed by atoms with Gasteiger partial charge in [-0.1, -0.05) is 26.0 Å². The molecule has 3 rings (SSSR count). The van der Waals surface area contributed by atoms with Gasteiger partial charge < -0.3 is 10.2 Å². The van der Waals surface area contributed by atoms with Gasteiger partial charge in [-0.15, -0.1) is 0 Å². The summed E-state index contributed by atoms with van der Waals surface area (Å²) in [6.45, 7) is 9.88. The second-order valence-electron chi connectivity index (χ2n) is 8.74. The standard InChI is InChI=1S/C22H36N2/c1-22(2)13-11-20(12-14-22)19-7-9-21(10-8-19)23-15-3-4-16-24-17-5-6-18-24/h7-10,20,23H,3-6,11-18H2,1-2H3. The van der Waals surface area contributed by atoms with E-state index in [0.717, 1.165) is 12.5 Å². The quantitative estimate of drug-likeness (QED) is 0.650. The first-order valence-electron chi connectivity index (χ1n) is 10.2. The van der Waals surface area contributed by atoms with Crippen molar-refractivity contribution in [2.24, 2.45) is 5.41 Å². The summed E-state index contributed by atoms with van der Waals surface area (Å²) in [6.07, 6.45) is 10.9. The third kappa shape index (κ3) is 5.24. The number of hydrogen-bond donors (Lipinski definition) is 1. The fraction of sp³-hybridized carbons (Fsp3) is 0.727. The number of hydrogen-bond acceptors (Lipinski definition) is 2. The van der Waals surface area contributed by atoms with Crippen LogP contribution in [0.4, 0.5) is 5.69 Å². The molecule has 2 heteroatoms. The van der Waals surface area contributed by atoms with Crippen LogP contribution in [0.5, 0.6) is 0 Å². The average Bonchev–Trinajstić information content (AvgIpc) is 3.09. The lowest BCUT2D eigenvalue weighted by Gasteiger charge is -2.34. The van der Waals surface area contributed by atoms with Crippen LogP contribution in [0, 0.1) is 5.41 Å². The van der Waals surface area contributed by atoms with E-state index in [9.17, 15) is 0 Å². The number of rotatable bonds is 7. The molecule has 0 spiro atoms. The van der Waals surface area contributed by atoms with Gasteiger partial charge in [-0.25, -0.2) is 0 Å². The first-order valence-corrected chi connectivity index (χ1v) is 10.2. The molecule has 1 aliphatic heterocycles. The zero-order chi connectivity index (χ0) is 16.8. The zero-order valence-electron chi connectivity index (χ0n) is 15.8. The number of benzene rings is 1. The summed E-state index contributed by atoms with van der Waals surface area (Å²) < 4.78 is 0. The Morgan fingerprint density at radius 2 is 1.67 bits per heavy atom. The minimum absolute atomic E-state index is 0.563. The van der Waals surface area contributed by atoms with E-state index >= 15 is 0 Å². The highest BCUT2D eigenvalue weighted by atomic mass is 15.1. The lowest BCUT2D eigenvalue weighted by Crippen LogP contribution is -2.21. The third-order valence-electron chi connectivity index (χ3n) is 6.15. The van der Waals surface area contributed by atoms with E-state index in [1.54, 1.807) is 5.56 Å². The summed E-state index contributed by atoms with van der Waals surface area (Å²) >= 11 is 0. The fourth-order valence-electron chi connectivity index (χ4n) is 4.31. The summed E-state index contributed by atoms with van der Waals surface area (Å²) in [5.41, 5.74) is 3.40. The lowest BCUT2D eigenvalue weighted by atomic mass is 9.71. The van der Waals surface area contributed by atoms with E-state index < -0.39 is 0 Å². The van der Waals surface area contributed by atoms with Crippen molar-refractivity contribution in [1.29, 1.82) is 0 Å². The predicted octanol–water partition coefficient (Wildman–Crippen LogP) is 5.66. The molecule has 0 aromatic heterocycles. The fourth-order valence-corrected chi connectivity index (χ4v) is 4.31. The molecular weight excluding hydrogens is 292 g/mol. The van der Waals surface area contributed by atoms with Gasteiger partial charge in [-0.2, -0.15) is 0 Å². The number of nitrogens with zero attached hydrogens (tertiary/aromatic N) is 1. The van der Waals surface area contributed by atoms with E-state index in [1.807, 2.05) is 0 Å². The van der Waals surface area contributed by atoms with Crippen LogP contribution in [0.25, 0.3) is 0 Å². The molecule has 1 aromatic rings. The van der Waals surface area contributed by atoms with Crippen LogP contribution in [0.2, 0.25) is 0 Å². The van der Waals surface area contributed by atoms with Crippen molar-refractivity contribution >= 4 is 5.69 Å². The van der Waals surface area contributed by atoms with E-state index in [4.69, 9.17) is 0 Å². The Morgan fingerprint density at radius 3 is 2.33 bits per heavy atom. The van der Waals surface area contributed by atoms with Gasteiger partial charge >= 0.3 is 0 Å². The molecular formula is C22H36N2. The Labute approximate surface area is 149 Å². The van der Waals surface area contributed by atoms with Crippen LogP contribution >= 0.6 is 0 Å². The molecule has 0 unspecified atom stereocenters. The maximum absolute atomic E-state index is 3.59. The molecule has 1 aliphatic carbocycles. The van der Waals surface area contributed by atoms with Gasteiger partial charge in [0, 0.05) is 12.2 Å². The topological polar surface area (TPSA) is 15.3 Å². The third-order valence-corrected chi connectivity index (χ3v) is 6.15. The molecule has 0 atom stereocenters. The monoisotopic (exact) mass is 328 g/mol. The van der Waals surface area contributed by atoms with E-state index in [2.05, 4.69) is 48.3 Å². The molecule has 2 aliphatic rings. The number of unbranched alkanes of at least 4 members (excludes halogenated alkanes) is 1. The highest BCUT2D eigenvalue weighted by molar-refractivity contribution is 5.45. The van der Waals surface area contributed by atoms with Crippen LogP contribution in [0.3, 0.4) is 0 Å². The van der Waals surface area contributed by atoms with E-state index in [1.165, 1.54) is 76.7 Å². The summed E-state index contributed by atoms with van der Waals surface area (Å²) in [5.74, 6) is 0.785. The van der Waals surface area contributed by atoms with Gasteiger partial charge in [-0.3, -0.25) is 0 Å². The summed E-state index contributed by atoms with van der Waals surface area (Å²) in [4.78, 5) is 2.61. The zero-order valence-corrected chi connectivity index (χ0v) is 15.8. The van der Waals surface area contributed by atoms with Crippen LogP contribution in [0.15, 0.2) is 24.3 Å². The molecule has 0 amide bonds. The smallest absolute Gasteiger partial charge is 0.0340 e. The summed E-state index contributed by atoms with van der Waals surface area (Å²) in [6, 6.07) is 9.29. The van der Waals surface area contributed by atoms with Gasteiger partial charge in [0.25, 0.3) is 0 Å². The van der Waals surface area contributed by atoms with Gasteiger partial charge in [0.1, 0.15) is 0 Å². The maximum atomic E-state index is 3.59. The van der Waals surface area contributed by atoms with E-state index in [-0.39, 0.29) is 0 Å². The van der Waals surface area contributed by atoms with Gasteiger partial charge in [0.2, 0.25) is 0 Å². The maximum Gasteiger partial charge on any atom is 0.0340 e. The van der Waals surface area contributed by atoms with Crippen LogP contribution in [-0.2, 0) is 0 Å². The Bertz CT molecular complexity index is 475. The van der Waals surface area contributed by atoms with Gasteiger partial charge in [-0.05, 0) is 100 Å². The molecule has 1 aromatic carbocycles. The Kier molecular flexibility index (Phi) is 6.21. The van der Waals surface area contributed by atoms with Crippen molar-refractivity contribution in [3.8, 4) is 0 Å². The van der Waals surface area contributed by atoms with Gasteiger partial charge in [0.05, 0.1) is 0 Å². The number of anilines is 1. The largest absolute Gasteiger partial charge is 0.385 e. The Hall–Kier alpha value is -1.02. The highest BCUT2D eigenvalue weighted by Gasteiger charge is 2.27. The van der Waals surface area contributed by atoms with Crippen LogP contribution < -0.4 is 5.32 Å². The summed E-state index contributed by atoms with van der Waals surface area (Å²) in [7, 11) is 0. The Balaban J connectivity index is 1.35. The molecule has 0 radical (unpaired) electrons. The first kappa shape index (κ1) is 17.8.